The summed E-state index contributed by atoms with van der Waals surface area (Å²) in [4.78, 5) is 3.48. The minimum atomic E-state index is -0.763. The maximum atomic E-state index is 10.6. The maximum absolute atomic E-state index is 10.6. The molecule has 2 aliphatic carbocycles. The lowest BCUT2D eigenvalue weighted by Crippen LogP contribution is -2.61. The Bertz CT molecular complexity index is 984. The summed E-state index contributed by atoms with van der Waals surface area (Å²) in [6.45, 7) is 13.4. The van der Waals surface area contributed by atoms with Crippen LogP contribution in [0.4, 0.5) is 0 Å². The second-order valence-corrected chi connectivity index (χ2v) is 11.7. The van der Waals surface area contributed by atoms with Crippen LogP contribution in [0, 0.1) is 22.7 Å². The van der Waals surface area contributed by atoms with Gasteiger partial charge in [0.2, 0.25) is 0 Å². The van der Waals surface area contributed by atoms with Gasteiger partial charge in [-0.25, -0.2) is 0 Å². The van der Waals surface area contributed by atoms with Crippen LogP contribution in [0.2, 0.25) is 0 Å². The first-order valence-corrected chi connectivity index (χ1v) is 12.2. The maximum Gasteiger partial charge on any atom is 0.0860 e. The van der Waals surface area contributed by atoms with E-state index in [9.17, 15) is 5.11 Å². The first-order valence-electron chi connectivity index (χ1n) is 12.2. The normalized spacial score (nSPS) is 38.7. The summed E-state index contributed by atoms with van der Waals surface area (Å²) >= 11 is 0. The van der Waals surface area contributed by atoms with Gasteiger partial charge in [-0.05, 0) is 93.1 Å². The van der Waals surface area contributed by atoms with Gasteiger partial charge in [0.05, 0.1) is 17.8 Å². The summed E-state index contributed by atoms with van der Waals surface area (Å²) in [6.07, 6.45) is 10.2. The molecule has 1 aromatic carbocycles. The zero-order valence-corrected chi connectivity index (χ0v) is 19.7. The van der Waals surface area contributed by atoms with Crippen molar-refractivity contribution in [2.75, 3.05) is 0 Å². The molecule has 0 bridgehead atoms. The summed E-state index contributed by atoms with van der Waals surface area (Å²) in [6, 6.07) is 8.66. The average molecular weight is 422 g/mol. The largest absolute Gasteiger partial charge is 0.388 e. The Kier molecular flexibility index (Phi) is 4.95. The number of hydrogen-bond acceptors (Lipinski definition) is 2. The highest BCUT2D eigenvalue weighted by Gasteiger charge is 2.60. The van der Waals surface area contributed by atoms with E-state index in [2.05, 4.69) is 55.9 Å². The monoisotopic (exact) mass is 421 g/mol. The molecule has 6 atom stereocenters. The molecule has 0 spiro atoms. The number of para-hydroxylation sites is 1. The third kappa shape index (κ3) is 3.31. The van der Waals surface area contributed by atoms with Gasteiger partial charge in [-0.15, -0.1) is 0 Å². The number of nitrogens with one attached hydrogen (secondary N) is 1. The molecule has 1 aliphatic heterocycles. The van der Waals surface area contributed by atoms with E-state index in [1.165, 1.54) is 34.9 Å². The van der Waals surface area contributed by atoms with Crippen LogP contribution in [0.25, 0.3) is 10.9 Å². The average Bonchev–Trinajstić information content (AvgIpc) is 3.12. The molecule has 5 rings (SSSR count). The molecule has 2 aromatic rings. The number of fused-ring (bicyclic) bond motifs is 4. The van der Waals surface area contributed by atoms with Crippen molar-refractivity contribution in [3.05, 3.63) is 48.2 Å². The minimum Gasteiger partial charge on any atom is -0.388 e. The van der Waals surface area contributed by atoms with Gasteiger partial charge in [-0.1, -0.05) is 44.2 Å². The molecule has 0 radical (unpaired) electrons. The van der Waals surface area contributed by atoms with Crippen LogP contribution in [0.1, 0.15) is 71.8 Å². The first kappa shape index (κ1) is 21.3. The molecule has 3 nitrogen and oxygen atoms in total. The second kappa shape index (κ2) is 7.22. The Morgan fingerprint density at radius 3 is 2.65 bits per heavy atom. The van der Waals surface area contributed by atoms with Gasteiger partial charge in [-0.2, -0.15) is 0 Å². The number of H-pyrrole nitrogens is 1. The summed E-state index contributed by atoms with van der Waals surface area (Å²) in [5, 5.41) is 11.9. The van der Waals surface area contributed by atoms with Gasteiger partial charge in [0.25, 0.3) is 0 Å². The highest BCUT2D eigenvalue weighted by molar-refractivity contribution is 5.83. The molecule has 3 fully saturated rings. The zero-order chi connectivity index (χ0) is 22.0. The fraction of sp³-hybridized carbons (Fsp3) is 0.643. The van der Waals surface area contributed by atoms with Crippen molar-refractivity contribution in [2.45, 2.75) is 90.4 Å². The van der Waals surface area contributed by atoms with Crippen molar-refractivity contribution in [1.29, 1.82) is 0 Å². The standard InChI is InChI=1S/C28H39NO2/c1-18-10-11-23-27(4,21(18)16-19-17-29-22-9-7-6-8-20(19)22)14-13-25-28(23,5)15-12-24(31-25)26(2,3)30/h6-9,17,21,23-25,29-30H,1,10-16H2,2-5H3/t21-,23-,24?,25?,27-,28+/m1/s1. The predicted octanol–water partition coefficient (Wildman–Crippen LogP) is 6.42. The Morgan fingerprint density at radius 1 is 1.13 bits per heavy atom. The van der Waals surface area contributed by atoms with Crippen molar-refractivity contribution >= 4 is 10.9 Å². The molecule has 1 aromatic heterocycles. The van der Waals surface area contributed by atoms with Crippen LogP contribution in [0.5, 0.6) is 0 Å². The van der Waals surface area contributed by atoms with E-state index in [0.29, 0.717) is 11.8 Å². The number of allylic oxidation sites excluding steroid dienone is 1. The highest BCUT2D eigenvalue weighted by Crippen LogP contribution is 2.64. The smallest absolute Gasteiger partial charge is 0.0860 e. The van der Waals surface area contributed by atoms with E-state index in [-0.39, 0.29) is 23.0 Å². The summed E-state index contributed by atoms with van der Waals surface area (Å²) in [5.41, 5.74) is 3.78. The van der Waals surface area contributed by atoms with E-state index in [4.69, 9.17) is 4.74 Å². The van der Waals surface area contributed by atoms with Crippen LogP contribution in [-0.4, -0.2) is 27.9 Å². The van der Waals surface area contributed by atoms with Crippen molar-refractivity contribution in [2.24, 2.45) is 22.7 Å². The fourth-order valence-electron chi connectivity index (χ4n) is 7.66. The number of aromatic amines is 1. The lowest BCUT2D eigenvalue weighted by atomic mass is 9.44. The van der Waals surface area contributed by atoms with E-state index in [1.807, 2.05) is 13.8 Å². The number of benzene rings is 1. The van der Waals surface area contributed by atoms with Crippen LogP contribution < -0.4 is 0 Å². The molecule has 2 heterocycles. The topological polar surface area (TPSA) is 45.2 Å². The number of aliphatic hydroxyl groups is 1. The van der Waals surface area contributed by atoms with Crippen molar-refractivity contribution in [1.82, 2.24) is 4.98 Å². The third-order valence-electron chi connectivity index (χ3n) is 9.48. The number of aromatic nitrogens is 1. The summed E-state index contributed by atoms with van der Waals surface area (Å²) in [5.74, 6) is 1.15. The van der Waals surface area contributed by atoms with Gasteiger partial charge in [0, 0.05) is 17.1 Å². The lowest BCUT2D eigenvalue weighted by molar-refractivity contribution is -0.236. The Morgan fingerprint density at radius 2 is 1.87 bits per heavy atom. The second-order valence-electron chi connectivity index (χ2n) is 11.7. The SMILES string of the molecule is C=C1CC[C@@H]2[C@](C)(CCC3OC(C(C)(C)O)CC[C@]32C)[C@@H]1Cc1c[nH]c2ccccc12. The van der Waals surface area contributed by atoms with Gasteiger partial charge in [0.15, 0.2) is 0 Å². The van der Waals surface area contributed by atoms with Gasteiger partial charge in [-0.3, -0.25) is 0 Å². The molecule has 168 valence electrons. The highest BCUT2D eigenvalue weighted by atomic mass is 16.5. The molecule has 2 saturated carbocycles. The van der Waals surface area contributed by atoms with E-state index < -0.39 is 5.60 Å². The predicted molar refractivity (Wildman–Crippen MR) is 127 cm³/mol. The summed E-state index contributed by atoms with van der Waals surface area (Å²) < 4.78 is 6.60. The molecule has 3 aliphatic rings. The Balaban J connectivity index is 1.45. The fourth-order valence-corrected chi connectivity index (χ4v) is 7.66. The quantitative estimate of drug-likeness (QED) is 0.562. The van der Waals surface area contributed by atoms with E-state index in [1.54, 1.807) is 0 Å². The Hall–Kier alpha value is -1.58. The third-order valence-corrected chi connectivity index (χ3v) is 9.48. The molecular weight excluding hydrogens is 382 g/mol. The van der Waals surface area contributed by atoms with E-state index in [0.717, 1.165) is 32.1 Å². The number of hydrogen-bond donors (Lipinski definition) is 2. The molecule has 1 saturated heterocycles. The van der Waals surface area contributed by atoms with Crippen LogP contribution in [0.15, 0.2) is 42.6 Å². The van der Waals surface area contributed by atoms with E-state index >= 15 is 0 Å². The van der Waals surface area contributed by atoms with Crippen molar-refractivity contribution in [3.63, 3.8) is 0 Å². The van der Waals surface area contributed by atoms with Gasteiger partial charge in [0.1, 0.15) is 0 Å². The van der Waals surface area contributed by atoms with Crippen LogP contribution >= 0.6 is 0 Å². The first-order chi connectivity index (χ1) is 14.6. The number of ether oxygens (including phenoxy) is 1. The molecular formula is C28H39NO2. The molecule has 3 heteroatoms. The lowest BCUT2D eigenvalue weighted by Gasteiger charge is -2.63. The van der Waals surface area contributed by atoms with Gasteiger partial charge >= 0.3 is 0 Å². The number of rotatable bonds is 3. The Labute approximate surface area is 187 Å². The molecule has 31 heavy (non-hydrogen) atoms. The molecule has 0 amide bonds. The van der Waals surface area contributed by atoms with Crippen LogP contribution in [0.3, 0.4) is 0 Å². The molecule has 2 N–H and O–H groups in total. The zero-order valence-electron chi connectivity index (χ0n) is 19.7. The van der Waals surface area contributed by atoms with Gasteiger partial charge < -0.3 is 14.8 Å². The summed E-state index contributed by atoms with van der Waals surface area (Å²) in [7, 11) is 0. The van der Waals surface area contributed by atoms with Crippen molar-refractivity contribution < 1.29 is 9.84 Å². The van der Waals surface area contributed by atoms with Crippen LogP contribution in [-0.2, 0) is 11.2 Å². The minimum absolute atomic E-state index is 0.0458. The van der Waals surface area contributed by atoms with Crippen molar-refractivity contribution in [3.8, 4) is 0 Å². The molecule has 2 unspecified atom stereocenters.